The Morgan fingerprint density at radius 1 is 1.31 bits per heavy atom. The van der Waals surface area contributed by atoms with Crippen LogP contribution in [0, 0.1) is 0 Å². The fraction of sp³-hybridized carbons (Fsp3) is 0.538. The van der Waals surface area contributed by atoms with Gasteiger partial charge in [-0.25, -0.2) is 0 Å². The summed E-state index contributed by atoms with van der Waals surface area (Å²) in [7, 11) is 0. The van der Waals surface area contributed by atoms with Gasteiger partial charge >= 0.3 is 0 Å². The van der Waals surface area contributed by atoms with Crippen LogP contribution >= 0.6 is 0 Å². The average Bonchev–Trinajstić information content (AvgIpc) is 2.27. The zero-order chi connectivity index (χ0) is 11.0. The van der Waals surface area contributed by atoms with Crippen molar-refractivity contribution in [3.63, 3.8) is 0 Å². The minimum atomic E-state index is -0.0110. The second kappa shape index (κ2) is 3.67. The number of fused-ring (bicyclic) bond motifs is 1. The summed E-state index contributed by atoms with van der Waals surface area (Å²) in [4.78, 5) is 0. The van der Waals surface area contributed by atoms with Crippen molar-refractivity contribution in [2.45, 2.75) is 25.4 Å². The zero-order valence-corrected chi connectivity index (χ0v) is 9.68. The summed E-state index contributed by atoms with van der Waals surface area (Å²) in [5.74, 6) is 0.983. The largest absolute Gasteiger partial charge is 0.485 e. The van der Waals surface area contributed by atoms with Crippen molar-refractivity contribution < 1.29 is 4.74 Å². The van der Waals surface area contributed by atoms with Crippen LogP contribution in [0.3, 0.4) is 0 Å². The predicted octanol–water partition coefficient (Wildman–Crippen LogP) is 1.79. The topological polar surface area (TPSA) is 33.3 Å². The van der Waals surface area contributed by atoms with E-state index in [0.29, 0.717) is 0 Å². The monoisotopic (exact) mass is 218 g/mol. The lowest BCUT2D eigenvalue weighted by Crippen LogP contribution is -2.61. The van der Waals surface area contributed by atoms with Gasteiger partial charge in [0.2, 0.25) is 0 Å². The predicted molar refractivity (Wildman–Crippen MR) is 65.2 cm³/mol. The summed E-state index contributed by atoms with van der Waals surface area (Å²) in [6.07, 6.45) is 2.41. The molecular formula is C13H18N2O. The number of ether oxygens (including phenoxy) is 1. The van der Waals surface area contributed by atoms with Crippen LogP contribution in [-0.4, -0.2) is 25.2 Å². The molecule has 3 nitrogen and oxygen atoms in total. The number of hydrogen-bond donors (Lipinski definition) is 2. The molecule has 0 unspecified atom stereocenters. The lowest BCUT2D eigenvalue weighted by Gasteiger charge is -2.39. The maximum Gasteiger partial charge on any atom is 0.131 e. The van der Waals surface area contributed by atoms with Gasteiger partial charge in [0.25, 0.3) is 0 Å². The van der Waals surface area contributed by atoms with Crippen molar-refractivity contribution in [2.75, 3.05) is 25.0 Å². The third-order valence-electron chi connectivity index (χ3n) is 3.38. The summed E-state index contributed by atoms with van der Waals surface area (Å²) >= 11 is 0. The Kier molecular flexibility index (Phi) is 2.28. The highest BCUT2D eigenvalue weighted by Gasteiger charge is 2.33. The van der Waals surface area contributed by atoms with Gasteiger partial charge in [0.15, 0.2) is 0 Å². The van der Waals surface area contributed by atoms with E-state index in [1.165, 1.54) is 24.1 Å². The van der Waals surface area contributed by atoms with Crippen LogP contribution in [0.2, 0.25) is 0 Å². The lowest BCUT2D eigenvalue weighted by atomic mass is 9.99. The molecule has 1 saturated heterocycles. The van der Waals surface area contributed by atoms with Crippen molar-refractivity contribution in [3.05, 3.63) is 23.8 Å². The molecule has 0 amide bonds. The van der Waals surface area contributed by atoms with E-state index in [9.17, 15) is 0 Å². The van der Waals surface area contributed by atoms with Gasteiger partial charge in [-0.15, -0.1) is 0 Å². The molecule has 0 spiro atoms. The molecule has 2 aliphatic heterocycles. The molecular weight excluding hydrogens is 200 g/mol. The van der Waals surface area contributed by atoms with Crippen molar-refractivity contribution in [3.8, 4) is 5.75 Å². The third kappa shape index (κ3) is 1.76. The van der Waals surface area contributed by atoms with Crippen molar-refractivity contribution in [1.29, 1.82) is 0 Å². The molecule has 2 heterocycles. The molecule has 0 atom stereocenters. The fourth-order valence-electron chi connectivity index (χ4n) is 2.34. The normalized spacial score (nSPS) is 21.6. The number of hydrogen-bond acceptors (Lipinski definition) is 3. The Morgan fingerprint density at radius 3 is 2.94 bits per heavy atom. The first-order valence-electron chi connectivity index (χ1n) is 6.02. The van der Waals surface area contributed by atoms with E-state index in [2.05, 4.69) is 35.8 Å². The average molecular weight is 218 g/mol. The van der Waals surface area contributed by atoms with Crippen LogP contribution in [0.5, 0.6) is 5.75 Å². The van der Waals surface area contributed by atoms with Crippen LogP contribution in [0.1, 0.15) is 18.9 Å². The lowest BCUT2D eigenvalue weighted by molar-refractivity contribution is 0.0349. The molecule has 1 aromatic rings. The van der Waals surface area contributed by atoms with Crippen LogP contribution in [0.15, 0.2) is 18.2 Å². The van der Waals surface area contributed by atoms with Crippen LogP contribution in [0.25, 0.3) is 0 Å². The fourth-order valence-corrected chi connectivity index (χ4v) is 2.34. The van der Waals surface area contributed by atoms with Gasteiger partial charge < -0.3 is 15.4 Å². The Labute approximate surface area is 96.2 Å². The molecule has 2 aliphatic rings. The second-order valence-corrected chi connectivity index (χ2v) is 5.00. The summed E-state index contributed by atoms with van der Waals surface area (Å²) in [5.41, 5.74) is 2.65. The van der Waals surface area contributed by atoms with Gasteiger partial charge in [0.05, 0.1) is 0 Å². The van der Waals surface area contributed by atoms with Crippen molar-refractivity contribution in [2.24, 2.45) is 0 Å². The van der Waals surface area contributed by atoms with E-state index in [-0.39, 0.29) is 5.60 Å². The molecule has 86 valence electrons. The minimum Gasteiger partial charge on any atom is -0.485 e. The molecule has 3 rings (SSSR count). The quantitative estimate of drug-likeness (QED) is 0.794. The van der Waals surface area contributed by atoms with Crippen LogP contribution in [0.4, 0.5) is 5.69 Å². The summed E-state index contributed by atoms with van der Waals surface area (Å²) in [5, 5.41) is 6.67. The highest BCUT2D eigenvalue weighted by Crippen LogP contribution is 2.29. The highest BCUT2D eigenvalue weighted by molar-refractivity contribution is 5.56. The van der Waals surface area contributed by atoms with E-state index in [4.69, 9.17) is 4.74 Å². The Hall–Kier alpha value is -1.22. The van der Waals surface area contributed by atoms with Crippen LogP contribution < -0.4 is 15.4 Å². The van der Waals surface area contributed by atoms with E-state index >= 15 is 0 Å². The Morgan fingerprint density at radius 2 is 2.19 bits per heavy atom. The SMILES string of the molecule is CC1(Oc2ccc3c(c2)NCCC3)CNC1. The third-order valence-corrected chi connectivity index (χ3v) is 3.38. The van der Waals surface area contributed by atoms with E-state index in [1.54, 1.807) is 0 Å². The van der Waals surface area contributed by atoms with E-state index in [1.807, 2.05) is 0 Å². The van der Waals surface area contributed by atoms with Crippen molar-refractivity contribution >= 4 is 5.69 Å². The first kappa shape index (κ1) is 9.97. The summed E-state index contributed by atoms with van der Waals surface area (Å²) in [6.45, 7) is 5.11. The number of aryl methyl sites for hydroxylation is 1. The van der Waals surface area contributed by atoms with Gasteiger partial charge in [-0.1, -0.05) is 6.07 Å². The molecule has 16 heavy (non-hydrogen) atoms. The second-order valence-electron chi connectivity index (χ2n) is 5.00. The first-order valence-corrected chi connectivity index (χ1v) is 6.02. The van der Waals surface area contributed by atoms with Gasteiger partial charge in [-0.2, -0.15) is 0 Å². The molecule has 0 saturated carbocycles. The number of rotatable bonds is 2. The molecule has 0 radical (unpaired) electrons. The van der Waals surface area contributed by atoms with Crippen molar-refractivity contribution in [1.82, 2.24) is 5.32 Å². The molecule has 0 bridgehead atoms. The molecule has 2 N–H and O–H groups in total. The van der Waals surface area contributed by atoms with Gasteiger partial charge in [-0.3, -0.25) is 0 Å². The van der Waals surface area contributed by atoms with Gasteiger partial charge in [-0.05, 0) is 31.4 Å². The molecule has 1 aromatic carbocycles. The first-order chi connectivity index (χ1) is 7.75. The minimum absolute atomic E-state index is 0.0110. The smallest absolute Gasteiger partial charge is 0.131 e. The maximum atomic E-state index is 6.00. The molecule has 0 aliphatic carbocycles. The Bertz CT molecular complexity index is 399. The van der Waals surface area contributed by atoms with E-state index < -0.39 is 0 Å². The van der Waals surface area contributed by atoms with E-state index in [0.717, 1.165) is 25.4 Å². The Balaban J connectivity index is 1.80. The summed E-state index contributed by atoms with van der Waals surface area (Å²) in [6, 6.07) is 6.42. The summed E-state index contributed by atoms with van der Waals surface area (Å²) < 4.78 is 6.00. The van der Waals surface area contributed by atoms with Gasteiger partial charge in [0.1, 0.15) is 11.4 Å². The molecule has 1 fully saturated rings. The number of nitrogens with one attached hydrogen (secondary N) is 2. The molecule has 3 heteroatoms. The number of anilines is 1. The number of benzene rings is 1. The highest BCUT2D eigenvalue weighted by atomic mass is 16.5. The standard InChI is InChI=1S/C13H18N2O/c1-13(8-14-9-13)16-11-5-4-10-3-2-6-15-12(10)7-11/h4-5,7,14-15H,2-3,6,8-9H2,1H3. The zero-order valence-electron chi connectivity index (χ0n) is 9.68. The van der Waals surface area contributed by atoms with Crippen LogP contribution in [-0.2, 0) is 6.42 Å². The maximum absolute atomic E-state index is 6.00. The molecule has 0 aromatic heterocycles. The van der Waals surface area contributed by atoms with Gasteiger partial charge in [0, 0.05) is 31.4 Å².